The van der Waals surface area contributed by atoms with Crippen molar-refractivity contribution in [1.29, 1.82) is 0 Å². The van der Waals surface area contributed by atoms with E-state index < -0.39 is 5.97 Å². The van der Waals surface area contributed by atoms with Crippen LogP contribution in [-0.4, -0.2) is 25.9 Å². The molecule has 0 aliphatic carbocycles. The molecule has 0 saturated carbocycles. The second kappa shape index (κ2) is 7.54. The molecule has 0 aliphatic heterocycles. The fourth-order valence-corrected chi connectivity index (χ4v) is 4.08. The summed E-state index contributed by atoms with van der Waals surface area (Å²) in [6, 6.07) is 13.3. The molecule has 0 fully saturated rings. The first-order valence-corrected chi connectivity index (χ1v) is 9.38. The number of aromatic hydroxyl groups is 2. The molecular formula is C17H14N2O4S2. The number of benzene rings is 1. The first-order chi connectivity index (χ1) is 12.0. The third-order valence-electron chi connectivity index (χ3n) is 3.25. The number of aromatic nitrogens is 2. The van der Waals surface area contributed by atoms with Crippen LogP contribution in [0.4, 0.5) is 0 Å². The van der Waals surface area contributed by atoms with E-state index in [9.17, 15) is 15.0 Å². The maximum absolute atomic E-state index is 12.3. The van der Waals surface area contributed by atoms with Crippen LogP contribution in [0.15, 0.2) is 64.6 Å². The Kier molecular flexibility index (Phi) is 5.20. The Morgan fingerprint density at radius 1 is 1.08 bits per heavy atom. The van der Waals surface area contributed by atoms with Gasteiger partial charge in [-0.1, -0.05) is 22.9 Å². The lowest BCUT2D eigenvalue weighted by Crippen LogP contribution is -2.19. The molecule has 0 aliphatic rings. The highest BCUT2D eigenvalue weighted by Crippen LogP contribution is 2.38. The van der Waals surface area contributed by atoms with Gasteiger partial charge >= 0.3 is 5.97 Å². The normalized spacial score (nSPS) is 10.6. The summed E-state index contributed by atoms with van der Waals surface area (Å²) in [5.74, 6) is -1.41. The van der Waals surface area contributed by atoms with Crippen molar-refractivity contribution in [3.05, 3.63) is 65.9 Å². The Balaban J connectivity index is 1.75. The minimum Gasteiger partial charge on any atom is -0.492 e. The monoisotopic (exact) mass is 374 g/mol. The standard InChI is InChI=1S/C17H14N2O4S2/c1-11-5-6-12(17(22)23-19-15(20)7-8-16(19)21)10-13(11)24-25-14-4-2-3-9-18-14/h2-10,20-21H,1H3. The van der Waals surface area contributed by atoms with Gasteiger partial charge in [0.05, 0.1) is 5.56 Å². The predicted molar refractivity (Wildman–Crippen MR) is 95.8 cm³/mol. The van der Waals surface area contributed by atoms with Gasteiger partial charge in [0.25, 0.3) is 0 Å². The van der Waals surface area contributed by atoms with Crippen molar-refractivity contribution < 1.29 is 19.8 Å². The SMILES string of the molecule is Cc1ccc(C(=O)On2c(O)ccc2O)cc1SSc1ccccn1. The van der Waals surface area contributed by atoms with Gasteiger partial charge < -0.3 is 15.1 Å². The highest BCUT2D eigenvalue weighted by molar-refractivity contribution is 8.76. The minimum atomic E-state index is -0.688. The Labute approximate surface area is 151 Å². The number of carbonyl (C=O) groups is 1. The lowest BCUT2D eigenvalue weighted by molar-refractivity contribution is 0.0381. The molecule has 1 aromatic carbocycles. The second-order valence-electron chi connectivity index (χ2n) is 5.04. The Morgan fingerprint density at radius 3 is 2.52 bits per heavy atom. The van der Waals surface area contributed by atoms with Crippen LogP contribution in [-0.2, 0) is 0 Å². The highest BCUT2D eigenvalue weighted by atomic mass is 33.1. The summed E-state index contributed by atoms with van der Waals surface area (Å²) in [7, 11) is 2.97. The predicted octanol–water partition coefficient (Wildman–Crippen LogP) is 3.67. The van der Waals surface area contributed by atoms with Gasteiger partial charge in [0.1, 0.15) is 5.03 Å². The van der Waals surface area contributed by atoms with Gasteiger partial charge in [-0.15, -0.1) is 4.73 Å². The van der Waals surface area contributed by atoms with E-state index in [-0.39, 0.29) is 11.8 Å². The third-order valence-corrected chi connectivity index (χ3v) is 5.67. The van der Waals surface area contributed by atoms with E-state index in [1.165, 1.54) is 33.7 Å². The van der Waals surface area contributed by atoms with E-state index >= 15 is 0 Å². The molecule has 0 unspecified atom stereocenters. The molecule has 0 amide bonds. The van der Waals surface area contributed by atoms with Gasteiger partial charge in [0, 0.05) is 23.2 Å². The average Bonchev–Trinajstić information content (AvgIpc) is 2.94. The van der Waals surface area contributed by atoms with Crippen molar-refractivity contribution in [3.63, 3.8) is 0 Å². The Hall–Kier alpha value is -2.58. The Morgan fingerprint density at radius 2 is 1.84 bits per heavy atom. The van der Waals surface area contributed by atoms with Gasteiger partial charge in [-0.3, -0.25) is 0 Å². The fraction of sp³-hybridized carbons (Fsp3) is 0.0588. The molecule has 25 heavy (non-hydrogen) atoms. The van der Waals surface area contributed by atoms with E-state index in [1.54, 1.807) is 18.3 Å². The number of hydrogen-bond donors (Lipinski definition) is 2. The molecule has 6 nitrogen and oxygen atoms in total. The second-order valence-corrected chi connectivity index (χ2v) is 7.23. The van der Waals surface area contributed by atoms with Crippen LogP contribution in [0.5, 0.6) is 11.8 Å². The molecular weight excluding hydrogens is 360 g/mol. The summed E-state index contributed by atoms with van der Waals surface area (Å²) in [5, 5.41) is 20.0. The maximum Gasteiger partial charge on any atom is 0.363 e. The highest BCUT2D eigenvalue weighted by Gasteiger charge is 2.15. The molecule has 0 bridgehead atoms. The smallest absolute Gasteiger partial charge is 0.363 e. The quantitative estimate of drug-likeness (QED) is 0.659. The lowest BCUT2D eigenvalue weighted by Gasteiger charge is -2.09. The summed E-state index contributed by atoms with van der Waals surface area (Å²) in [6.45, 7) is 1.94. The van der Waals surface area contributed by atoms with Crippen molar-refractivity contribution >= 4 is 27.6 Å². The number of rotatable bonds is 5. The summed E-state index contributed by atoms with van der Waals surface area (Å²) in [5.41, 5.74) is 1.32. The summed E-state index contributed by atoms with van der Waals surface area (Å²) in [4.78, 5) is 22.4. The molecule has 2 N–H and O–H groups in total. The fourth-order valence-electron chi connectivity index (χ4n) is 1.93. The number of carbonyl (C=O) groups excluding carboxylic acids is 1. The molecule has 0 radical (unpaired) electrons. The number of aryl methyl sites for hydroxylation is 1. The molecule has 0 saturated heterocycles. The largest absolute Gasteiger partial charge is 0.492 e. The van der Waals surface area contributed by atoms with Crippen LogP contribution >= 0.6 is 21.6 Å². The van der Waals surface area contributed by atoms with Gasteiger partial charge in [-0.25, -0.2) is 9.78 Å². The van der Waals surface area contributed by atoms with E-state index in [2.05, 4.69) is 4.98 Å². The number of nitrogens with zero attached hydrogens (tertiary/aromatic N) is 2. The minimum absolute atomic E-state index is 0.308. The van der Waals surface area contributed by atoms with Crippen LogP contribution in [0.2, 0.25) is 0 Å². The van der Waals surface area contributed by atoms with Crippen molar-refractivity contribution in [2.45, 2.75) is 16.8 Å². The zero-order valence-corrected chi connectivity index (χ0v) is 14.8. The van der Waals surface area contributed by atoms with Crippen LogP contribution in [0.3, 0.4) is 0 Å². The van der Waals surface area contributed by atoms with E-state index in [0.29, 0.717) is 10.3 Å². The molecule has 8 heteroatoms. The summed E-state index contributed by atoms with van der Waals surface area (Å²) in [6.07, 6.45) is 1.72. The summed E-state index contributed by atoms with van der Waals surface area (Å²) >= 11 is 0. The van der Waals surface area contributed by atoms with E-state index in [1.807, 2.05) is 31.2 Å². The Bertz CT molecular complexity index is 877. The molecule has 2 heterocycles. The maximum atomic E-state index is 12.3. The van der Waals surface area contributed by atoms with Gasteiger partial charge in [0.2, 0.25) is 11.8 Å². The van der Waals surface area contributed by atoms with Crippen LogP contribution < -0.4 is 4.84 Å². The molecule has 3 rings (SSSR count). The third kappa shape index (κ3) is 4.09. The van der Waals surface area contributed by atoms with Crippen molar-refractivity contribution in [2.75, 3.05) is 0 Å². The van der Waals surface area contributed by atoms with Crippen LogP contribution in [0, 0.1) is 6.92 Å². The molecule has 3 aromatic rings. The first kappa shape index (κ1) is 17.2. The van der Waals surface area contributed by atoms with Gasteiger partial charge in [-0.2, -0.15) is 0 Å². The van der Waals surface area contributed by atoms with Gasteiger partial charge in [-0.05, 0) is 47.5 Å². The average molecular weight is 374 g/mol. The number of hydrogen-bond acceptors (Lipinski definition) is 7. The lowest BCUT2D eigenvalue weighted by atomic mass is 10.1. The van der Waals surface area contributed by atoms with Crippen molar-refractivity contribution in [2.24, 2.45) is 0 Å². The first-order valence-electron chi connectivity index (χ1n) is 7.23. The van der Waals surface area contributed by atoms with Crippen molar-refractivity contribution in [3.8, 4) is 11.8 Å². The van der Waals surface area contributed by atoms with Crippen molar-refractivity contribution in [1.82, 2.24) is 9.71 Å². The topological polar surface area (TPSA) is 84.6 Å². The zero-order valence-electron chi connectivity index (χ0n) is 13.1. The van der Waals surface area contributed by atoms with E-state index in [0.717, 1.165) is 15.5 Å². The van der Waals surface area contributed by atoms with Gasteiger partial charge in [0.15, 0.2) is 0 Å². The molecule has 128 valence electrons. The van der Waals surface area contributed by atoms with Crippen LogP contribution in [0.1, 0.15) is 15.9 Å². The molecule has 0 atom stereocenters. The molecule has 0 spiro atoms. The summed E-state index contributed by atoms with van der Waals surface area (Å²) < 4.78 is 0.664. The zero-order chi connectivity index (χ0) is 17.8. The molecule has 2 aromatic heterocycles. The number of pyridine rings is 1. The van der Waals surface area contributed by atoms with E-state index in [4.69, 9.17) is 4.84 Å². The van der Waals surface area contributed by atoms with Crippen LogP contribution in [0.25, 0.3) is 0 Å².